The number of H-pyrrole nitrogens is 1. The minimum absolute atomic E-state index is 0.00474. The van der Waals surface area contributed by atoms with Gasteiger partial charge in [-0.1, -0.05) is 12.8 Å². The number of phosphoric acid groups is 1. The Kier molecular flexibility index (Phi) is 12.6. The van der Waals surface area contributed by atoms with Crippen molar-refractivity contribution in [1.29, 1.82) is 0 Å². The number of ether oxygens (including phenoxy) is 1. The Morgan fingerprint density at radius 2 is 1.83 bits per heavy atom. The number of imidazole rings is 1. The molecule has 1 saturated heterocycles. The van der Waals surface area contributed by atoms with E-state index in [0.29, 0.717) is 58.7 Å². The van der Waals surface area contributed by atoms with Gasteiger partial charge in [0.1, 0.15) is 35.4 Å². The van der Waals surface area contributed by atoms with E-state index in [1.165, 1.54) is 41.2 Å². The molecule has 2 aromatic carbocycles. The van der Waals surface area contributed by atoms with Gasteiger partial charge in [-0.15, -0.1) is 0 Å². The quantitative estimate of drug-likeness (QED) is 0.0296. The first-order valence-electron chi connectivity index (χ1n) is 18.6. The van der Waals surface area contributed by atoms with E-state index in [0.717, 1.165) is 13.5 Å². The molecule has 316 valence electrons. The third-order valence-electron chi connectivity index (χ3n) is 9.74. The molecule has 3 aliphatic rings. The zero-order chi connectivity index (χ0) is 42.7. The van der Waals surface area contributed by atoms with Crippen LogP contribution in [0.5, 0.6) is 5.75 Å². The highest BCUT2D eigenvalue weighted by Crippen LogP contribution is 2.49. The van der Waals surface area contributed by atoms with E-state index in [-0.39, 0.29) is 51.8 Å². The number of phenols is 1. The van der Waals surface area contributed by atoms with Crippen molar-refractivity contribution >= 4 is 64.9 Å². The molecule has 0 radical (unpaired) electrons. The number of aromatic carboxylic acids is 1. The summed E-state index contributed by atoms with van der Waals surface area (Å²) in [5.41, 5.74) is 6.88. The largest absolute Gasteiger partial charge is 0.508 e. The molecule has 9 N–H and O–H groups in total. The van der Waals surface area contributed by atoms with Crippen molar-refractivity contribution in [2.24, 2.45) is 0 Å². The smallest absolute Gasteiger partial charge is 0.474 e. The molecule has 0 spiro atoms. The number of aliphatic hydroxyl groups is 2. The number of nitrogen functional groups attached to an aromatic ring is 1. The maximum atomic E-state index is 13.1. The van der Waals surface area contributed by atoms with Gasteiger partial charge in [0.25, 0.3) is 5.56 Å². The van der Waals surface area contributed by atoms with Crippen LogP contribution in [0.1, 0.15) is 42.3 Å². The van der Waals surface area contributed by atoms with Crippen LogP contribution >= 0.6 is 20.0 Å². The van der Waals surface area contributed by atoms with E-state index in [4.69, 9.17) is 40.7 Å². The standard InChI is InChI=1S/C38H40N7O13PS/c1-54-59(53,56-17-28-31(48)32(49)35(58-28)45-18-41-30-33(45)43-37(39)44-34(30)50)55-13-5-3-2-4-12-40-38(60)42-19-6-9-22(36(51)52)25(14-19)29-23-10-7-20(46)15-26(23)57-27-16-21(47)8-11-24(27)29/h6-11,14-16,18,28,31-32,35,46,48-49H,2-5,12-13,17H2,1H3,(H,51,52)(H2,40,42,60)(H3,39,43,44,50). The molecule has 7 rings (SSSR count). The summed E-state index contributed by atoms with van der Waals surface area (Å²) in [6.45, 7) is 0.0843. The Bertz CT molecular complexity index is 2710. The Hall–Kier alpha value is -5.77. The van der Waals surface area contributed by atoms with Crippen molar-refractivity contribution in [3.8, 4) is 28.2 Å². The highest BCUT2D eigenvalue weighted by atomic mass is 32.1. The van der Waals surface area contributed by atoms with Gasteiger partial charge in [0, 0.05) is 48.0 Å². The number of benzene rings is 3. The van der Waals surface area contributed by atoms with Crippen molar-refractivity contribution in [2.45, 2.75) is 50.2 Å². The molecule has 5 atom stereocenters. The van der Waals surface area contributed by atoms with Crippen LogP contribution in [-0.4, -0.2) is 96.2 Å². The lowest BCUT2D eigenvalue weighted by Gasteiger charge is -2.19. The number of rotatable bonds is 16. The SMILES string of the molecule is COP(=O)(OCCCCCCNC(=S)Nc1ccc(C(=O)O)c(-c2c3ccc(=O)cc-3oc3cc(O)ccc23)c1)OCC1OC(n2cnc3c(=O)[nH]c(N)nc32)C(O)C1O. The van der Waals surface area contributed by atoms with Gasteiger partial charge in [0.05, 0.1) is 25.1 Å². The molecule has 0 saturated carbocycles. The van der Waals surface area contributed by atoms with E-state index in [2.05, 4.69) is 25.6 Å². The van der Waals surface area contributed by atoms with Crippen LogP contribution < -0.4 is 27.4 Å². The second-order valence-corrected chi connectivity index (χ2v) is 15.9. The predicted octanol–water partition coefficient (Wildman–Crippen LogP) is 3.94. The first-order valence-corrected chi connectivity index (χ1v) is 20.4. The number of anilines is 2. The number of aromatic amines is 1. The normalized spacial score (nSPS) is 18.9. The Morgan fingerprint density at radius 3 is 2.62 bits per heavy atom. The third-order valence-corrected chi connectivity index (χ3v) is 11.4. The fourth-order valence-corrected chi connectivity index (χ4v) is 8.02. The lowest BCUT2D eigenvalue weighted by atomic mass is 9.90. The molecule has 4 heterocycles. The molecular weight excluding hydrogens is 825 g/mol. The van der Waals surface area contributed by atoms with Gasteiger partial charge in [0.15, 0.2) is 27.9 Å². The fraction of sp³-hybridized carbons (Fsp3) is 0.316. The number of aliphatic hydroxyl groups excluding tert-OH is 2. The summed E-state index contributed by atoms with van der Waals surface area (Å²) >= 11 is 5.51. The first kappa shape index (κ1) is 42.4. The molecule has 2 aliphatic heterocycles. The summed E-state index contributed by atoms with van der Waals surface area (Å²) in [5, 5.41) is 48.6. The maximum Gasteiger partial charge on any atom is 0.474 e. The lowest BCUT2D eigenvalue weighted by molar-refractivity contribution is -0.0520. The van der Waals surface area contributed by atoms with Gasteiger partial charge >= 0.3 is 13.8 Å². The van der Waals surface area contributed by atoms with Crippen LogP contribution in [0.2, 0.25) is 0 Å². The fourth-order valence-electron chi connectivity index (χ4n) is 6.83. The van der Waals surface area contributed by atoms with Crippen molar-refractivity contribution in [2.75, 3.05) is 37.9 Å². The second kappa shape index (κ2) is 17.8. The van der Waals surface area contributed by atoms with E-state index in [9.17, 15) is 39.4 Å². The third kappa shape index (κ3) is 9.03. The number of carbonyl (C=O) groups is 1. The zero-order valence-corrected chi connectivity index (χ0v) is 33.5. The van der Waals surface area contributed by atoms with Gasteiger partial charge < -0.3 is 45.9 Å². The minimum Gasteiger partial charge on any atom is -0.508 e. The summed E-state index contributed by atoms with van der Waals surface area (Å²) < 4.78 is 41.9. The van der Waals surface area contributed by atoms with Gasteiger partial charge in [-0.3, -0.25) is 32.7 Å². The number of nitrogens with two attached hydrogens (primary N) is 1. The average Bonchev–Trinajstić information content (AvgIpc) is 3.76. The number of fused-ring (bicyclic) bond motifs is 3. The molecule has 0 bridgehead atoms. The monoisotopic (exact) mass is 865 g/mol. The molecule has 1 fully saturated rings. The number of carboxylic acid groups (broad SMARTS) is 1. The van der Waals surface area contributed by atoms with Crippen LogP contribution in [0.4, 0.5) is 11.6 Å². The van der Waals surface area contributed by atoms with Gasteiger partial charge in [0.2, 0.25) is 5.95 Å². The van der Waals surface area contributed by atoms with Crippen LogP contribution in [-0.2, 0) is 22.9 Å². The molecule has 4 aromatic rings. The van der Waals surface area contributed by atoms with Crippen molar-refractivity contribution in [1.82, 2.24) is 24.8 Å². The van der Waals surface area contributed by atoms with E-state index < -0.39 is 50.5 Å². The van der Waals surface area contributed by atoms with E-state index in [1.807, 2.05) is 0 Å². The molecule has 20 nitrogen and oxygen atoms in total. The van der Waals surface area contributed by atoms with Gasteiger partial charge in [-0.2, -0.15) is 4.98 Å². The zero-order valence-electron chi connectivity index (χ0n) is 31.8. The molecule has 22 heteroatoms. The van der Waals surface area contributed by atoms with Crippen LogP contribution in [0, 0.1) is 0 Å². The number of aromatic nitrogens is 4. The predicted molar refractivity (Wildman–Crippen MR) is 221 cm³/mol. The highest BCUT2D eigenvalue weighted by molar-refractivity contribution is 7.80. The number of hydrogen-bond donors (Lipinski definition) is 8. The van der Waals surface area contributed by atoms with Crippen molar-refractivity contribution in [3.63, 3.8) is 0 Å². The van der Waals surface area contributed by atoms with Gasteiger partial charge in [-0.25, -0.2) is 14.3 Å². The number of aromatic hydroxyl groups is 1. The van der Waals surface area contributed by atoms with Gasteiger partial charge in [-0.05, 0) is 73.1 Å². The molecule has 0 amide bonds. The average molecular weight is 866 g/mol. The molecule has 2 aromatic heterocycles. The van der Waals surface area contributed by atoms with Crippen LogP contribution in [0.25, 0.3) is 44.6 Å². The second-order valence-electron chi connectivity index (χ2n) is 13.8. The molecular formula is C38H40N7O13PS. The number of nitrogens with one attached hydrogen (secondary N) is 3. The Balaban J connectivity index is 0.874. The topological polar surface area (TPSA) is 296 Å². The summed E-state index contributed by atoms with van der Waals surface area (Å²) in [6, 6.07) is 13.4. The first-order chi connectivity index (χ1) is 28.7. The van der Waals surface area contributed by atoms with E-state index in [1.54, 1.807) is 24.3 Å². The summed E-state index contributed by atoms with van der Waals surface area (Å²) in [4.78, 5) is 47.1. The molecule has 5 unspecified atom stereocenters. The molecule has 1 aliphatic carbocycles. The number of nitrogens with zero attached hydrogens (tertiary/aromatic N) is 3. The Morgan fingerprint density at radius 1 is 1.03 bits per heavy atom. The lowest BCUT2D eigenvalue weighted by Crippen LogP contribution is -2.33. The minimum atomic E-state index is -4.06. The summed E-state index contributed by atoms with van der Waals surface area (Å²) in [5.74, 6) is -1.17. The summed E-state index contributed by atoms with van der Waals surface area (Å²) in [6.07, 6.45) is -1.42. The van der Waals surface area contributed by atoms with Crippen molar-refractivity contribution in [3.05, 3.63) is 87.1 Å². The number of phosphoric ester groups is 1. The van der Waals surface area contributed by atoms with Crippen LogP contribution in [0.3, 0.4) is 0 Å². The van der Waals surface area contributed by atoms with Crippen LogP contribution in [0.15, 0.2) is 74.9 Å². The maximum absolute atomic E-state index is 13.1. The number of carboxylic acids is 1. The number of thiocarbonyl (C=S) groups is 1. The Labute approximate surface area is 344 Å². The number of phenolic OH excluding ortho intramolecular Hbond substituents is 1. The molecule has 60 heavy (non-hydrogen) atoms. The number of hydrogen-bond acceptors (Lipinski definition) is 16. The highest BCUT2D eigenvalue weighted by Gasteiger charge is 2.45. The van der Waals surface area contributed by atoms with Crippen molar-refractivity contribution < 1.29 is 52.5 Å². The number of unbranched alkanes of at least 4 members (excludes halogenated alkanes) is 3. The van der Waals surface area contributed by atoms with E-state index >= 15 is 0 Å². The summed E-state index contributed by atoms with van der Waals surface area (Å²) in [7, 11) is -2.91.